The third-order valence-corrected chi connectivity index (χ3v) is 4.68. The Bertz CT molecular complexity index is 318. The van der Waals surface area contributed by atoms with Gasteiger partial charge in [-0.3, -0.25) is 0 Å². The van der Waals surface area contributed by atoms with Crippen LogP contribution >= 0.6 is 11.3 Å². The number of aliphatic hydroxyl groups is 1. The molecule has 1 aromatic rings. The van der Waals surface area contributed by atoms with E-state index >= 15 is 0 Å². The van der Waals surface area contributed by atoms with Crippen LogP contribution in [-0.2, 0) is 5.60 Å². The van der Waals surface area contributed by atoms with Crippen LogP contribution in [0, 0.1) is 18.8 Å². The Morgan fingerprint density at radius 3 is 2.62 bits per heavy atom. The zero-order valence-electron chi connectivity index (χ0n) is 8.37. The van der Waals surface area contributed by atoms with Crippen molar-refractivity contribution in [1.29, 1.82) is 0 Å². The second-order valence-corrected chi connectivity index (χ2v) is 5.24. The van der Waals surface area contributed by atoms with E-state index in [1.54, 1.807) is 11.3 Å². The van der Waals surface area contributed by atoms with Gasteiger partial charge in [-0.25, -0.2) is 0 Å². The van der Waals surface area contributed by atoms with E-state index in [-0.39, 0.29) is 0 Å². The van der Waals surface area contributed by atoms with Gasteiger partial charge in [-0.15, -0.1) is 11.3 Å². The maximum atomic E-state index is 10.4. The quantitative estimate of drug-likeness (QED) is 0.732. The lowest BCUT2D eigenvalue weighted by molar-refractivity contribution is -0.129. The van der Waals surface area contributed by atoms with Crippen LogP contribution in [0.2, 0.25) is 0 Å². The van der Waals surface area contributed by atoms with Gasteiger partial charge in [0.25, 0.3) is 0 Å². The van der Waals surface area contributed by atoms with E-state index in [1.807, 2.05) is 0 Å². The Morgan fingerprint density at radius 2 is 2.23 bits per heavy atom. The topological polar surface area (TPSA) is 20.2 Å². The molecule has 2 heteroatoms. The Labute approximate surface area is 83.4 Å². The summed E-state index contributed by atoms with van der Waals surface area (Å²) in [7, 11) is 0. The predicted octanol–water partition coefficient (Wildman–Crippen LogP) is 2.92. The minimum atomic E-state index is -0.516. The molecule has 0 aliphatic heterocycles. The van der Waals surface area contributed by atoms with Crippen molar-refractivity contribution in [3.05, 3.63) is 21.9 Å². The van der Waals surface area contributed by atoms with E-state index in [9.17, 15) is 5.11 Å². The smallest absolute Gasteiger partial charge is 0.102 e. The first-order valence-corrected chi connectivity index (χ1v) is 5.70. The molecule has 1 N–H and O–H groups in total. The molecule has 1 heterocycles. The van der Waals surface area contributed by atoms with Crippen LogP contribution in [0.25, 0.3) is 0 Å². The zero-order chi connectivity index (χ0) is 9.64. The summed E-state index contributed by atoms with van der Waals surface area (Å²) in [6, 6.07) is 2.09. The fraction of sp³-hybridized carbons (Fsp3) is 0.636. The molecule has 0 bridgehead atoms. The molecule has 13 heavy (non-hydrogen) atoms. The Hall–Kier alpha value is -0.340. The minimum Gasteiger partial charge on any atom is -0.384 e. The first kappa shape index (κ1) is 9.22. The molecular formula is C11H16OS. The van der Waals surface area contributed by atoms with Crippen molar-refractivity contribution in [2.45, 2.75) is 32.8 Å². The highest BCUT2D eigenvalue weighted by Crippen LogP contribution is 2.52. The van der Waals surface area contributed by atoms with Crippen molar-refractivity contribution in [3.8, 4) is 0 Å². The largest absolute Gasteiger partial charge is 0.384 e. The maximum absolute atomic E-state index is 10.4. The molecule has 1 aliphatic carbocycles. The summed E-state index contributed by atoms with van der Waals surface area (Å²) in [4.78, 5) is 1.18. The fourth-order valence-corrected chi connectivity index (χ4v) is 3.41. The molecular weight excluding hydrogens is 180 g/mol. The van der Waals surface area contributed by atoms with Gasteiger partial charge in [-0.05, 0) is 42.2 Å². The lowest BCUT2D eigenvalue weighted by Crippen LogP contribution is -2.48. The Kier molecular flexibility index (Phi) is 2.00. The summed E-state index contributed by atoms with van der Waals surface area (Å²) >= 11 is 1.69. The average molecular weight is 196 g/mol. The van der Waals surface area contributed by atoms with Crippen LogP contribution in [0.3, 0.4) is 0 Å². The second kappa shape index (κ2) is 2.82. The highest BCUT2D eigenvalue weighted by molar-refractivity contribution is 7.10. The highest BCUT2D eigenvalue weighted by atomic mass is 32.1. The molecule has 3 unspecified atom stereocenters. The monoisotopic (exact) mass is 196 g/mol. The summed E-state index contributed by atoms with van der Waals surface area (Å²) < 4.78 is 0. The number of rotatable bonds is 1. The van der Waals surface area contributed by atoms with Crippen molar-refractivity contribution < 1.29 is 5.11 Å². The summed E-state index contributed by atoms with van der Waals surface area (Å²) in [5.74, 6) is 1.07. The SMILES string of the molecule is Cc1ccsc1C1(O)CC(C)C1C. The zero-order valence-corrected chi connectivity index (χ0v) is 9.19. The van der Waals surface area contributed by atoms with Crippen molar-refractivity contribution in [3.63, 3.8) is 0 Å². The number of aryl methyl sites for hydroxylation is 1. The number of hydrogen-bond donors (Lipinski definition) is 1. The third kappa shape index (κ3) is 1.16. The van der Waals surface area contributed by atoms with Gasteiger partial charge in [0.1, 0.15) is 5.60 Å². The maximum Gasteiger partial charge on any atom is 0.102 e. The van der Waals surface area contributed by atoms with Crippen molar-refractivity contribution >= 4 is 11.3 Å². The van der Waals surface area contributed by atoms with Crippen LogP contribution in [-0.4, -0.2) is 5.11 Å². The van der Waals surface area contributed by atoms with E-state index in [0.717, 1.165) is 6.42 Å². The third-order valence-electron chi connectivity index (χ3n) is 3.50. The molecule has 1 nitrogen and oxygen atoms in total. The van der Waals surface area contributed by atoms with Crippen molar-refractivity contribution in [1.82, 2.24) is 0 Å². The predicted molar refractivity (Wildman–Crippen MR) is 55.9 cm³/mol. The molecule has 0 amide bonds. The van der Waals surface area contributed by atoms with Gasteiger partial charge in [0, 0.05) is 4.88 Å². The summed E-state index contributed by atoms with van der Waals surface area (Å²) in [5.41, 5.74) is 0.726. The van der Waals surface area contributed by atoms with Gasteiger partial charge < -0.3 is 5.11 Å². The van der Waals surface area contributed by atoms with Gasteiger partial charge in [0.05, 0.1) is 0 Å². The lowest BCUT2D eigenvalue weighted by atomic mass is 9.62. The van der Waals surface area contributed by atoms with E-state index in [4.69, 9.17) is 0 Å². The van der Waals surface area contributed by atoms with Crippen LogP contribution in [0.4, 0.5) is 0 Å². The molecule has 2 rings (SSSR count). The molecule has 1 saturated carbocycles. The summed E-state index contributed by atoms with van der Waals surface area (Å²) in [5, 5.41) is 12.5. The minimum absolute atomic E-state index is 0.407. The van der Waals surface area contributed by atoms with Gasteiger partial charge in [-0.2, -0.15) is 0 Å². The molecule has 0 saturated heterocycles. The highest BCUT2D eigenvalue weighted by Gasteiger charge is 2.50. The molecule has 1 aliphatic rings. The molecule has 3 atom stereocenters. The molecule has 1 fully saturated rings. The van der Waals surface area contributed by atoms with E-state index in [0.29, 0.717) is 11.8 Å². The van der Waals surface area contributed by atoms with Gasteiger partial charge in [0.2, 0.25) is 0 Å². The standard InChI is InChI=1S/C11H16OS/c1-7-4-5-13-10(7)11(12)6-8(2)9(11)3/h4-5,8-9,12H,6H2,1-3H3. The molecule has 0 spiro atoms. The van der Waals surface area contributed by atoms with Gasteiger partial charge in [0.15, 0.2) is 0 Å². The first-order valence-electron chi connectivity index (χ1n) is 4.82. The fourth-order valence-electron chi connectivity index (χ4n) is 2.28. The molecule has 0 aromatic carbocycles. The summed E-state index contributed by atoms with van der Waals surface area (Å²) in [6.07, 6.45) is 0.926. The van der Waals surface area contributed by atoms with E-state index < -0.39 is 5.60 Å². The van der Waals surface area contributed by atoms with Crippen LogP contribution in [0.1, 0.15) is 30.7 Å². The summed E-state index contributed by atoms with van der Waals surface area (Å²) in [6.45, 7) is 6.44. The average Bonchev–Trinajstić information content (AvgIpc) is 2.51. The van der Waals surface area contributed by atoms with Crippen LogP contribution in [0.15, 0.2) is 11.4 Å². The van der Waals surface area contributed by atoms with Crippen LogP contribution in [0.5, 0.6) is 0 Å². The Balaban J connectivity index is 2.32. The first-order chi connectivity index (χ1) is 6.05. The number of thiophene rings is 1. The normalized spacial score (nSPS) is 38.8. The lowest BCUT2D eigenvalue weighted by Gasteiger charge is -2.49. The number of hydrogen-bond acceptors (Lipinski definition) is 2. The van der Waals surface area contributed by atoms with Gasteiger partial charge in [-0.1, -0.05) is 13.8 Å². The molecule has 1 aromatic heterocycles. The van der Waals surface area contributed by atoms with E-state index in [1.165, 1.54) is 10.4 Å². The van der Waals surface area contributed by atoms with E-state index in [2.05, 4.69) is 32.2 Å². The van der Waals surface area contributed by atoms with Crippen LogP contribution < -0.4 is 0 Å². The Morgan fingerprint density at radius 1 is 1.54 bits per heavy atom. The van der Waals surface area contributed by atoms with Crippen molar-refractivity contribution in [2.75, 3.05) is 0 Å². The van der Waals surface area contributed by atoms with Gasteiger partial charge >= 0.3 is 0 Å². The molecule has 72 valence electrons. The van der Waals surface area contributed by atoms with Crippen molar-refractivity contribution in [2.24, 2.45) is 11.8 Å². The molecule has 0 radical (unpaired) electrons. The second-order valence-electron chi connectivity index (χ2n) is 4.33.